The van der Waals surface area contributed by atoms with Gasteiger partial charge in [-0.2, -0.15) is 16.8 Å². The summed E-state index contributed by atoms with van der Waals surface area (Å²) in [6.07, 6.45) is 11.9. The van der Waals surface area contributed by atoms with Crippen LogP contribution in [0.1, 0.15) is 51.5 Å². The van der Waals surface area contributed by atoms with Crippen molar-refractivity contribution in [2.75, 3.05) is 38.2 Å². The lowest BCUT2D eigenvalue weighted by molar-refractivity contribution is -0.189. The van der Waals surface area contributed by atoms with Gasteiger partial charge in [0.15, 0.2) is 0 Å². The Hall–Kier alpha value is -2.70. The first-order chi connectivity index (χ1) is 17.9. The molecule has 0 aliphatic carbocycles. The molecule has 1 aromatic rings. The number of nitrogens with zero attached hydrogens (tertiary/aromatic N) is 4. The Kier molecular flexibility index (Phi) is 11.2. The highest BCUT2D eigenvalue weighted by Crippen LogP contribution is 2.29. The van der Waals surface area contributed by atoms with E-state index in [-0.39, 0.29) is 37.5 Å². The smallest absolute Gasteiger partial charge is 0.334 e. The molecule has 0 aromatic heterocycles. The molecule has 2 saturated heterocycles. The van der Waals surface area contributed by atoms with E-state index in [1.165, 1.54) is 0 Å². The first-order valence-corrected chi connectivity index (χ1v) is 14.7. The SMILES string of the molecule is C#CCN1CC(=O)N2[C@@H](CCSC)C(=O)N(CC(CC)CCCC)C[C@@H]2N1C(=O)NCc1ccccc1. The molecule has 2 aliphatic heterocycles. The number of fused-ring (bicyclic) bond motifs is 1. The van der Waals surface area contributed by atoms with E-state index >= 15 is 0 Å². The van der Waals surface area contributed by atoms with Crippen LogP contribution in [0, 0.1) is 18.3 Å². The van der Waals surface area contributed by atoms with Crippen LogP contribution in [-0.2, 0) is 16.1 Å². The number of thioether (sulfide) groups is 1. The quantitative estimate of drug-likeness (QED) is 0.422. The van der Waals surface area contributed by atoms with E-state index in [1.54, 1.807) is 26.7 Å². The molecule has 0 radical (unpaired) electrons. The van der Waals surface area contributed by atoms with E-state index in [1.807, 2.05) is 41.5 Å². The number of hydrazine groups is 1. The average Bonchev–Trinajstić information content (AvgIpc) is 2.90. The van der Waals surface area contributed by atoms with Gasteiger partial charge in [0.05, 0.1) is 19.6 Å². The van der Waals surface area contributed by atoms with E-state index in [0.29, 0.717) is 25.4 Å². The zero-order valence-electron chi connectivity index (χ0n) is 22.4. The zero-order valence-corrected chi connectivity index (χ0v) is 23.2. The maximum atomic E-state index is 13.7. The molecule has 202 valence electrons. The molecule has 1 N–H and O–H groups in total. The van der Waals surface area contributed by atoms with Crippen LogP contribution < -0.4 is 5.32 Å². The molecular weight excluding hydrogens is 486 g/mol. The molecule has 2 fully saturated rings. The van der Waals surface area contributed by atoms with Crippen molar-refractivity contribution >= 4 is 29.6 Å². The van der Waals surface area contributed by atoms with Gasteiger partial charge in [-0.05, 0) is 36.3 Å². The van der Waals surface area contributed by atoms with Gasteiger partial charge < -0.3 is 15.1 Å². The monoisotopic (exact) mass is 527 g/mol. The highest BCUT2D eigenvalue weighted by atomic mass is 32.2. The predicted molar refractivity (Wildman–Crippen MR) is 148 cm³/mol. The lowest BCUT2D eigenvalue weighted by Crippen LogP contribution is -2.76. The third kappa shape index (κ3) is 7.20. The molecule has 2 heterocycles. The summed E-state index contributed by atoms with van der Waals surface area (Å²) >= 11 is 1.65. The van der Waals surface area contributed by atoms with Crippen LogP contribution in [-0.4, -0.2) is 88.1 Å². The second-order valence-corrected chi connectivity index (χ2v) is 10.7. The Bertz CT molecular complexity index is 953. The molecule has 3 rings (SSSR count). The summed E-state index contributed by atoms with van der Waals surface area (Å²) in [6.45, 7) is 5.71. The van der Waals surface area contributed by atoms with Gasteiger partial charge in [-0.3, -0.25) is 9.59 Å². The summed E-state index contributed by atoms with van der Waals surface area (Å²) in [5.74, 6) is 3.56. The Balaban J connectivity index is 1.90. The minimum Gasteiger partial charge on any atom is -0.337 e. The number of benzene rings is 1. The molecule has 3 atom stereocenters. The third-order valence-corrected chi connectivity index (χ3v) is 7.86. The van der Waals surface area contributed by atoms with Crippen molar-refractivity contribution < 1.29 is 14.4 Å². The van der Waals surface area contributed by atoms with Crippen LogP contribution in [0.15, 0.2) is 30.3 Å². The van der Waals surface area contributed by atoms with Gasteiger partial charge in [-0.25, -0.2) is 9.80 Å². The first kappa shape index (κ1) is 28.9. The maximum absolute atomic E-state index is 13.7. The number of carbonyl (C=O) groups is 3. The molecule has 1 unspecified atom stereocenters. The molecule has 4 amide bonds. The summed E-state index contributed by atoms with van der Waals surface area (Å²) < 4.78 is 0. The fourth-order valence-corrected chi connectivity index (χ4v) is 5.65. The summed E-state index contributed by atoms with van der Waals surface area (Å²) in [7, 11) is 0. The minimum absolute atomic E-state index is 0.0105. The highest BCUT2D eigenvalue weighted by Gasteiger charge is 2.51. The zero-order chi connectivity index (χ0) is 26.8. The topological polar surface area (TPSA) is 76.2 Å². The summed E-state index contributed by atoms with van der Waals surface area (Å²) in [6, 6.07) is 8.78. The Morgan fingerprint density at radius 1 is 1.24 bits per heavy atom. The van der Waals surface area contributed by atoms with E-state index in [9.17, 15) is 14.4 Å². The van der Waals surface area contributed by atoms with E-state index in [4.69, 9.17) is 6.42 Å². The van der Waals surface area contributed by atoms with Gasteiger partial charge in [0.25, 0.3) is 0 Å². The van der Waals surface area contributed by atoms with E-state index in [2.05, 4.69) is 25.1 Å². The highest BCUT2D eigenvalue weighted by molar-refractivity contribution is 7.98. The summed E-state index contributed by atoms with van der Waals surface area (Å²) in [4.78, 5) is 44.2. The van der Waals surface area contributed by atoms with Gasteiger partial charge in [0.1, 0.15) is 12.2 Å². The number of carbonyl (C=O) groups excluding carboxylic acids is 3. The molecule has 0 spiro atoms. The fourth-order valence-electron chi connectivity index (χ4n) is 5.19. The third-order valence-electron chi connectivity index (χ3n) is 7.22. The van der Waals surface area contributed by atoms with Crippen molar-refractivity contribution in [3.05, 3.63) is 35.9 Å². The average molecular weight is 528 g/mol. The van der Waals surface area contributed by atoms with Crippen LogP contribution in [0.3, 0.4) is 0 Å². The standard InChI is InChI=1S/C28H41N5O3S/c1-5-8-12-22(7-3)19-30-20-25-32(24(27(30)35)15-17-37-4)26(34)21-31(16-6-2)33(25)28(36)29-18-23-13-10-9-11-14-23/h2,9-11,13-14,22,24-25H,5,7-8,12,15-21H2,1,3-4H3,(H,29,36)/t22?,24-,25-/m0/s1. The number of nitrogens with one attached hydrogen (secondary N) is 1. The van der Waals surface area contributed by atoms with Crippen LogP contribution in [0.4, 0.5) is 4.79 Å². The summed E-state index contributed by atoms with van der Waals surface area (Å²) in [5, 5.41) is 6.22. The molecule has 9 heteroatoms. The molecule has 37 heavy (non-hydrogen) atoms. The van der Waals surface area contributed by atoms with Gasteiger partial charge in [-0.1, -0.05) is 69.4 Å². The Morgan fingerprint density at radius 2 is 2.00 bits per heavy atom. The first-order valence-electron chi connectivity index (χ1n) is 13.3. The number of terminal acetylenes is 1. The van der Waals surface area contributed by atoms with Crippen LogP contribution >= 0.6 is 11.8 Å². The number of amides is 4. The second kappa shape index (κ2) is 14.3. The van der Waals surface area contributed by atoms with E-state index < -0.39 is 12.2 Å². The minimum atomic E-state index is -0.599. The number of urea groups is 1. The largest absolute Gasteiger partial charge is 0.337 e. The van der Waals surface area contributed by atoms with E-state index in [0.717, 1.165) is 37.0 Å². The number of rotatable bonds is 12. The molecule has 0 saturated carbocycles. The van der Waals surface area contributed by atoms with Crippen molar-refractivity contribution in [1.82, 2.24) is 25.1 Å². The molecule has 1 aromatic carbocycles. The maximum Gasteiger partial charge on any atom is 0.334 e. The lowest BCUT2D eigenvalue weighted by Gasteiger charge is -2.55. The molecular formula is C28H41N5O3S. The van der Waals surface area contributed by atoms with Crippen LogP contribution in [0.25, 0.3) is 0 Å². The molecule has 2 aliphatic rings. The molecule has 8 nitrogen and oxygen atoms in total. The number of hydrogen-bond acceptors (Lipinski definition) is 5. The Morgan fingerprint density at radius 3 is 2.65 bits per heavy atom. The number of hydrogen-bond donors (Lipinski definition) is 1. The van der Waals surface area contributed by atoms with Gasteiger partial charge in [0, 0.05) is 13.1 Å². The van der Waals surface area contributed by atoms with Gasteiger partial charge >= 0.3 is 6.03 Å². The van der Waals surface area contributed by atoms with Crippen molar-refractivity contribution in [2.24, 2.45) is 5.92 Å². The second-order valence-electron chi connectivity index (χ2n) is 9.75. The van der Waals surface area contributed by atoms with Crippen molar-refractivity contribution in [2.45, 2.75) is 64.7 Å². The van der Waals surface area contributed by atoms with Crippen LogP contribution in [0.5, 0.6) is 0 Å². The predicted octanol–water partition coefficient (Wildman–Crippen LogP) is 3.40. The Labute approximate surface area is 226 Å². The van der Waals surface area contributed by atoms with Crippen molar-refractivity contribution in [3.8, 4) is 12.3 Å². The number of piperazine rings is 1. The lowest BCUT2D eigenvalue weighted by atomic mass is 9.96. The molecule has 0 bridgehead atoms. The van der Waals surface area contributed by atoms with Gasteiger partial charge in [0.2, 0.25) is 11.8 Å². The normalized spacial score (nSPS) is 21.0. The van der Waals surface area contributed by atoms with Crippen molar-refractivity contribution in [3.63, 3.8) is 0 Å². The van der Waals surface area contributed by atoms with Crippen molar-refractivity contribution in [1.29, 1.82) is 0 Å². The van der Waals surface area contributed by atoms with Crippen LogP contribution in [0.2, 0.25) is 0 Å². The summed E-state index contributed by atoms with van der Waals surface area (Å²) in [5.41, 5.74) is 0.976. The fraction of sp³-hybridized carbons (Fsp3) is 0.607. The van der Waals surface area contributed by atoms with Gasteiger partial charge in [-0.15, -0.1) is 6.42 Å². The number of unbranched alkanes of at least 4 members (excludes halogenated alkanes) is 1.